The maximum Gasteiger partial charge on any atom is 0.348 e. The predicted octanol–water partition coefficient (Wildman–Crippen LogP) is 4.92. The van der Waals surface area contributed by atoms with Gasteiger partial charge >= 0.3 is 11.9 Å². The number of hydrogen-bond acceptors (Lipinski definition) is 7. The molecule has 0 radical (unpaired) electrons. The summed E-state index contributed by atoms with van der Waals surface area (Å²) in [7, 11) is 0. The SMILES string of the molecule is CC1(C)CC(=C2C(=O)OC(CCS)OC2=O)C(C#N)=C(N2CCCC2)C1.CCCCC. The van der Waals surface area contributed by atoms with E-state index in [1.165, 1.54) is 19.3 Å². The summed E-state index contributed by atoms with van der Waals surface area (Å²) in [6.07, 6.45) is 6.90. The number of carbonyl (C=O) groups excluding carboxylic acids is 2. The molecule has 0 aromatic carbocycles. The number of nitriles is 1. The number of nitrogens with zero attached hydrogens (tertiary/aromatic N) is 2. The van der Waals surface area contributed by atoms with E-state index in [-0.39, 0.29) is 11.0 Å². The van der Waals surface area contributed by atoms with Crippen LogP contribution in [0.1, 0.15) is 79.1 Å². The molecule has 172 valence electrons. The molecule has 1 aliphatic carbocycles. The van der Waals surface area contributed by atoms with Crippen LogP contribution in [0.4, 0.5) is 0 Å². The Kier molecular flexibility index (Phi) is 9.49. The fraction of sp³-hybridized carbons (Fsp3) is 0.708. The van der Waals surface area contributed by atoms with Crippen molar-refractivity contribution in [3.05, 3.63) is 22.4 Å². The molecule has 0 unspecified atom stereocenters. The molecule has 2 fully saturated rings. The summed E-state index contributed by atoms with van der Waals surface area (Å²) >= 11 is 4.08. The zero-order valence-corrected chi connectivity index (χ0v) is 20.2. The van der Waals surface area contributed by atoms with Gasteiger partial charge in [-0.25, -0.2) is 9.59 Å². The highest BCUT2D eigenvalue weighted by Crippen LogP contribution is 2.45. The Morgan fingerprint density at radius 1 is 1.10 bits per heavy atom. The molecule has 31 heavy (non-hydrogen) atoms. The van der Waals surface area contributed by atoms with Crippen LogP contribution in [0.3, 0.4) is 0 Å². The average Bonchev–Trinajstić information content (AvgIpc) is 3.22. The quantitative estimate of drug-likeness (QED) is 0.278. The van der Waals surface area contributed by atoms with Crippen molar-refractivity contribution in [3.63, 3.8) is 0 Å². The van der Waals surface area contributed by atoms with Gasteiger partial charge in [-0.1, -0.05) is 47.0 Å². The standard InChI is InChI=1S/C19H24N2O4S.C5H12/c1-19(2)9-12(13(11-20)14(10-19)21-6-3-4-7-21)16-17(22)24-15(5-8-26)25-18(16)23;1-3-5-4-2/h15,26H,3-10H2,1-2H3;3-5H2,1-2H3. The number of thiol groups is 1. The average molecular weight is 449 g/mol. The lowest BCUT2D eigenvalue weighted by Crippen LogP contribution is -2.38. The van der Waals surface area contributed by atoms with Gasteiger partial charge in [-0.2, -0.15) is 17.9 Å². The van der Waals surface area contributed by atoms with E-state index in [9.17, 15) is 14.9 Å². The highest BCUT2D eigenvalue weighted by Gasteiger charge is 2.41. The van der Waals surface area contributed by atoms with E-state index in [1.807, 2.05) is 0 Å². The van der Waals surface area contributed by atoms with Crippen LogP contribution in [-0.4, -0.2) is 42.0 Å². The van der Waals surface area contributed by atoms with Gasteiger partial charge < -0.3 is 14.4 Å². The zero-order chi connectivity index (χ0) is 23.0. The molecule has 0 aromatic heterocycles. The van der Waals surface area contributed by atoms with Gasteiger partial charge in [-0.15, -0.1) is 0 Å². The molecule has 3 rings (SSSR count). The minimum atomic E-state index is -0.902. The maximum atomic E-state index is 12.5. The molecular weight excluding hydrogens is 412 g/mol. The lowest BCUT2D eigenvalue weighted by Gasteiger charge is -2.38. The third-order valence-corrected chi connectivity index (χ3v) is 6.01. The molecular formula is C24H36N2O4S. The number of rotatable bonds is 5. The van der Waals surface area contributed by atoms with E-state index in [2.05, 4.69) is 51.3 Å². The van der Waals surface area contributed by atoms with E-state index in [0.29, 0.717) is 29.7 Å². The monoisotopic (exact) mass is 448 g/mol. The maximum absolute atomic E-state index is 12.5. The molecule has 0 N–H and O–H groups in total. The molecule has 7 heteroatoms. The fourth-order valence-corrected chi connectivity index (χ4v) is 4.45. The molecule has 2 aliphatic heterocycles. The third kappa shape index (κ3) is 6.52. The van der Waals surface area contributed by atoms with Gasteiger partial charge in [0.2, 0.25) is 6.29 Å². The predicted molar refractivity (Wildman–Crippen MR) is 123 cm³/mol. The molecule has 0 bridgehead atoms. The van der Waals surface area contributed by atoms with Gasteiger partial charge in [-0.05, 0) is 42.4 Å². The first-order valence-corrected chi connectivity index (χ1v) is 12.1. The van der Waals surface area contributed by atoms with Crippen LogP contribution >= 0.6 is 12.6 Å². The molecule has 6 nitrogen and oxygen atoms in total. The molecule has 0 aromatic rings. The van der Waals surface area contributed by atoms with Gasteiger partial charge in [0.15, 0.2) is 0 Å². The minimum absolute atomic E-state index is 0.124. The van der Waals surface area contributed by atoms with E-state index in [4.69, 9.17) is 9.47 Å². The number of carbonyl (C=O) groups is 2. The van der Waals surface area contributed by atoms with Crippen LogP contribution in [0.2, 0.25) is 0 Å². The van der Waals surface area contributed by atoms with Crippen molar-refractivity contribution in [3.8, 4) is 6.07 Å². The fourth-order valence-electron chi connectivity index (χ4n) is 4.23. The summed E-state index contributed by atoms with van der Waals surface area (Å²) in [4.78, 5) is 27.3. The van der Waals surface area contributed by atoms with Crippen LogP contribution in [0.5, 0.6) is 0 Å². The molecule has 0 saturated carbocycles. The van der Waals surface area contributed by atoms with Gasteiger partial charge in [-0.3, -0.25) is 0 Å². The molecule has 0 atom stereocenters. The smallest absolute Gasteiger partial charge is 0.348 e. The number of allylic oxidation sites excluding steroid dienone is 3. The number of esters is 2. The first-order chi connectivity index (χ1) is 14.8. The Morgan fingerprint density at radius 3 is 2.13 bits per heavy atom. The molecule has 0 amide bonds. The van der Waals surface area contributed by atoms with E-state index in [1.54, 1.807) is 0 Å². The van der Waals surface area contributed by atoms with Crippen molar-refractivity contribution in [1.82, 2.24) is 4.90 Å². The summed E-state index contributed by atoms with van der Waals surface area (Å²) in [5, 5.41) is 9.82. The van der Waals surface area contributed by atoms with E-state index >= 15 is 0 Å². The Bertz CT molecular complexity index is 751. The van der Waals surface area contributed by atoms with Gasteiger partial charge in [0.1, 0.15) is 11.6 Å². The second kappa shape index (κ2) is 11.6. The number of ether oxygens (including phenoxy) is 2. The van der Waals surface area contributed by atoms with E-state index in [0.717, 1.165) is 38.0 Å². The van der Waals surface area contributed by atoms with Crippen molar-refractivity contribution in [2.75, 3.05) is 18.8 Å². The summed E-state index contributed by atoms with van der Waals surface area (Å²) in [6, 6.07) is 2.25. The molecule has 2 saturated heterocycles. The minimum Gasteiger partial charge on any atom is -0.421 e. The van der Waals surface area contributed by atoms with Crippen LogP contribution in [-0.2, 0) is 19.1 Å². The molecule has 3 aliphatic rings. The normalized spacial score (nSPS) is 23.1. The topological polar surface area (TPSA) is 79.6 Å². The number of likely N-dealkylation sites (tertiary alicyclic amines) is 1. The molecule has 2 heterocycles. The second-order valence-corrected chi connectivity index (χ2v) is 9.55. The van der Waals surface area contributed by atoms with Gasteiger partial charge in [0, 0.05) is 25.2 Å². The first kappa shape index (κ1) is 25.3. The Morgan fingerprint density at radius 2 is 1.68 bits per heavy atom. The number of cyclic esters (lactones) is 2. The van der Waals surface area contributed by atoms with Crippen LogP contribution in [0.15, 0.2) is 22.4 Å². The van der Waals surface area contributed by atoms with Gasteiger partial charge in [0.25, 0.3) is 0 Å². The number of unbranched alkanes of at least 4 members (excludes halogenated alkanes) is 2. The van der Waals surface area contributed by atoms with Crippen LogP contribution in [0.25, 0.3) is 0 Å². The lowest BCUT2D eigenvalue weighted by molar-refractivity contribution is -0.194. The highest BCUT2D eigenvalue weighted by atomic mass is 32.1. The van der Waals surface area contributed by atoms with Crippen molar-refractivity contribution < 1.29 is 19.1 Å². The first-order valence-electron chi connectivity index (χ1n) is 11.4. The summed E-state index contributed by atoms with van der Waals surface area (Å²) < 4.78 is 10.5. The third-order valence-electron chi connectivity index (χ3n) is 5.75. The van der Waals surface area contributed by atoms with Crippen LogP contribution < -0.4 is 0 Å². The number of hydrogen-bond donors (Lipinski definition) is 1. The largest absolute Gasteiger partial charge is 0.421 e. The molecule has 0 spiro atoms. The van der Waals surface area contributed by atoms with Crippen molar-refractivity contribution in [1.29, 1.82) is 5.26 Å². The van der Waals surface area contributed by atoms with Gasteiger partial charge in [0.05, 0.1) is 5.57 Å². The Hall–Kier alpha value is -1.94. The van der Waals surface area contributed by atoms with E-state index < -0.39 is 18.2 Å². The summed E-state index contributed by atoms with van der Waals surface area (Å²) in [5.41, 5.74) is 1.54. The summed E-state index contributed by atoms with van der Waals surface area (Å²) in [5.74, 6) is -0.962. The Balaban J connectivity index is 0.000000614. The summed E-state index contributed by atoms with van der Waals surface area (Å²) in [6.45, 7) is 10.4. The van der Waals surface area contributed by atoms with Crippen molar-refractivity contribution in [2.45, 2.75) is 85.4 Å². The second-order valence-electron chi connectivity index (χ2n) is 9.10. The van der Waals surface area contributed by atoms with Crippen molar-refractivity contribution >= 4 is 24.6 Å². The van der Waals surface area contributed by atoms with Crippen LogP contribution in [0, 0.1) is 16.7 Å². The van der Waals surface area contributed by atoms with Crippen molar-refractivity contribution in [2.24, 2.45) is 5.41 Å². The Labute approximate surface area is 192 Å². The highest BCUT2D eigenvalue weighted by molar-refractivity contribution is 7.80. The zero-order valence-electron chi connectivity index (χ0n) is 19.3. The lowest BCUT2D eigenvalue weighted by atomic mass is 9.72.